The number of amides is 1. The van der Waals surface area contributed by atoms with Gasteiger partial charge in [0.25, 0.3) is 0 Å². The zero-order valence-electron chi connectivity index (χ0n) is 18.5. The minimum absolute atomic E-state index is 0.0716. The highest BCUT2D eigenvalue weighted by Gasteiger charge is 2.23. The fourth-order valence-corrected chi connectivity index (χ4v) is 3.10. The van der Waals surface area contributed by atoms with Crippen LogP contribution in [0.5, 0.6) is 23.0 Å². The maximum atomic E-state index is 12.7. The predicted octanol–water partition coefficient (Wildman–Crippen LogP) is 2.55. The van der Waals surface area contributed by atoms with Gasteiger partial charge in [-0.15, -0.1) is 0 Å². The van der Waals surface area contributed by atoms with Crippen molar-refractivity contribution in [3.63, 3.8) is 0 Å². The Balaban J connectivity index is 2.15. The second kappa shape index (κ2) is 11.7. The monoisotopic (exact) mass is 431 g/mol. The van der Waals surface area contributed by atoms with E-state index in [1.54, 1.807) is 51.5 Å². The molecule has 0 aliphatic carbocycles. The Hall–Kier alpha value is -3.42. The molecule has 0 heterocycles. The van der Waals surface area contributed by atoms with Crippen molar-refractivity contribution in [3.05, 3.63) is 47.5 Å². The van der Waals surface area contributed by atoms with Gasteiger partial charge in [-0.25, -0.2) is 4.79 Å². The Morgan fingerprint density at radius 2 is 1.32 bits per heavy atom. The van der Waals surface area contributed by atoms with E-state index in [1.165, 1.54) is 14.2 Å². The summed E-state index contributed by atoms with van der Waals surface area (Å²) in [5, 5.41) is 2.77. The Morgan fingerprint density at radius 1 is 0.806 bits per heavy atom. The summed E-state index contributed by atoms with van der Waals surface area (Å²) >= 11 is 0. The molecule has 0 unspecified atom stereocenters. The second-order valence-corrected chi connectivity index (χ2v) is 6.63. The van der Waals surface area contributed by atoms with Gasteiger partial charge in [0.05, 0.1) is 41.5 Å². The lowest BCUT2D eigenvalue weighted by Crippen LogP contribution is -2.44. The van der Waals surface area contributed by atoms with E-state index in [1.807, 2.05) is 6.07 Å². The van der Waals surface area contributed by atoms with E-state index in [4.69, 9.17) is 23.7 Å². The first kappa shape index (κ1) is 23.9. The average molecular weight is 431 g/mol. The van der Waals surface area contributed by atoms with E-state index in [9.17, 15) is 9.59 Å². The summed E-state index contributed by atoms with van der Waals surface area (Å²) in [7, 11) is 6.16. The van der Waals surface area contributed by atoms with Crippen molar-refractivity contribution in [2.45, 2.75) is 25.8 Å². The van der Waals surface area contributed by atoms with Gasteiger partial charge in [-0.05, 0) is 42.3 Å². The minimum atomic E-state index is -0.842. The van der Waals surface area contributed by atoms with Gasteiger partial charge < -0.3 is 29.0 Å². The zero-order chi connectivity index (χ0) is 22.8. The third kappa shape index (κ3) is 6.53. The van der Waals surface area contributed by atoms with Gasteiger partial charge in [0.15, 0.2) is 23.0 Å². The van der Waals surface area contributed by atoms with Crippen molar-refractivity contribution < 1.29 is 33.3 Å². The third-order valence-corrected chi connectivity index (χ3v) is 4.61. The lowest BCUT2D eigenvalue weighted by molar-refractivity contribution is -0.147. The number of benzene rings is 2. The van der Waals surface area contributed by atoms with Crippen LogP contribution < -0.4 is 24.3 Å². The number of carbonyl (C=O) groups excluding carboxylic acids is 2. The average Bonchev–Trinajstić information content (AvgIpc) is 2.78. The number of nitrogens with one attached hydrogen (secondary N) is 1. The lowest BCUT2D eigenvalue weighted by atomic mass is 10.0. The molecule has 168 valence electrons. The summed E-state index contributed by atoms with van der Waals surface area (Å²) in [5.74, 6) is 1.41. The summed E-state index contributed by atoms with van der Waals surface area (Å²) in [5.41, 5.74) is 1.52. The van der Waals surface area contributed by atoms with Crippen LogP contribution in [0.1, 0.15) is 18.1 Å². The molecule has 2 rings (SSSR count). The number of hydrogen-bond acceptors (Lipinski definition) is 7. The molecule has 31 heavy (non-hydrogen) atoms. The van der Waals surface area contributed by atoms with E-state index in [0.717, 1.165) is 11.1 Å². The Kier molecular flexibility index (Phi) is 8.99. The highest BCUT2D eigenvalue weighted by atomic mass is 16.5. The van der Waals surface area contributed by atoms with Gasteiger partial charge in [0.1, 0.15) is 6.04 Å². The lowest BCUT2D eigenvalue weighted by Gasteiger charge is -2.18. The fraction of sp³-hybridized carbons (Fsp3) is 0.391. The fourth-order valence-electron chi connectivity index (χ4n) is 3.10. The largest absolute Gasteiger partial charge is 0.493 e. The van der Waals surface area contributed by atoms with Crippen molar-refractivity contribution in [2.75, 3.05) is 35.0 Å². The number of ether oxygens (including phenoxy) is 5. The van der Waals surface area contributed by atoms with Crippen LogP contribution in [0.25, 0.3) is 0 Å². The Bertz CT molecular complexity index is 897. The normalized spacial score (nSPS) is 11.3. The van der Waals surface area contributed by atoms with Crippen molar-refractivity contribution in [1.29, 1.82) is 0 Å². The summed E-state index contributed by atoms with van der Waals surface area (Å²) in [4.78, 5) is 25.1. The topological polar surface area (TPSA) is 92.3 Å². The number of hydrogen-bond donors (Lipinski definition) is 1. The molecule has 0 fully saturated rings. The molecule has 0 spiro atoms. The maximum Gasteiger partial charge on any atom is 0.328 e. The first-order valence-electron chi connectivity index (χ1n) is 9.83. The van der Waals surface area contributed by atoms with Crippen LogP contribution in [-0.4, -0.2) is 53.0 Å². The summed E-state index contributed by atoms with van der Waals surface area (Å²) < 4.78 is 26.2. The van der Waals surface area contributed by atoms with E-state index >= 15 is 0 Å². The zero-order valence-corrected chi connectivity index (χ0v) is 18.5. The van der Waals surface area contributed by atoms with Crippen LogP contribution in [0.2, 0.25) is 0 Å². The van der Waals surface area contributed by atoms with Gasteiger partial charge in [-0.2, -0.15) is 0 Å². The van der Waals surface area contributed by atoms with Crippen LogP contribution in [0, 0.1) is 0 Å². The first-order chi connectivity index (χ1) is 14.9. The van der Waals surface area contributed by atoms with Gasteiger partial charge >= 0.3 is 5.97 Å². The van der Waals surface area contributed by atoms with E-state index < -0.39 is 12.0 Å². The molecule has 0 saturated carbocycles. The molecule has 0 radical (unpaired) electrons. The van der Waals surface area contributed by atoms with Crippen LogP contribution in [0.4, 0.5) is 0 Å². The molecule has 1 atom stereocenters. The molecule has 0 aliphatic heterocycles. The van der Waals surface area contributed by atoms with E-state index in [0.29, 0.717) is 23.0 Å². The highest BCUT2D eigenvalue weighted by Crippen LogP contribution is 2.29. The summed E-state index contributed by atoms with van der Waals surface area (Å²) in [6.45, 7) is 1.93. The molecule has 0 aliphatic rings. The molecule has 2 aromatic rings. The van der Waals surface area contributed by atoms with E-state index in [-0.39, 0.29) is 25.4 Å². The molecule has 8 heteroatoms. The van der Waals surface area contributed by atoms with Crippen LogP contribution in [0.3, 0.4) is 0 Å². The quantitative estimate of drug-likeness (QED) is 0.547. The van der Waals surface area contributed by atoms with Crippen LogP contribution >= 0.6 is 0 Å². The number of methoxy groups -OCH3 is 4. The molecule has 0 bridgehead atoms. The van der Waals surface area contributed by atoms with Crippen molar-refractivity contribution in [3.8, 4) is 23.0 Å². The number of rotatable bonds is 11. The Morgan fingerprint density at radius 3 is 1.84 bits per heavy atom. The SMILES string of the molecule is CCOC(=O)[C@@H](Cc1ccc(OC)c(OC)c1)NC(=O)Cc1ccc(OC)c(OC)c1. The molecule has 0 saturated heterocycles. The molecule has 0 aromatic heterocycles. The van der Waals surface area contributed by atoms with Crippen molar-refractivity contribution >= 4 is 11.9 Å². The molecule has 1 N–H and O–H groups in total. The van der Waals surface area contributed by atoms with E-state index in [2.05, 4.69) is 5.32 Å². The minimum Gasteiger partial charge on any atom is -0.493 e. The van der Waals surface area contributed by atoms with Crippen molar-refractivity contribution in [1.82, 2.24) is 5.32 Å². The summed E-state index contributed by atoms with van der Waals surface area (Å²) in [6.07, 6.45) is 0.319. The molecular weight excluding hydrogens is 402 g/mol. The summed E-state index contributed by atoms with van der Waals surface area (Å²) in [6, 6.07) is 9.72. The first-order valence-corrected chi connectivity index (χ1v) is 9.83. The predicted molar refractivity (Wildman–Crippen MR) is 115 cm³/mol. The highest BCUT2D eigenvalue weighted by molar-refractivity contribution is 5.86. The van der Waals surface area contributed by atoms with Gasteiger partial charge in [-0.3, -0.25) is 4.79 Å². The van der Waals surface area contributed by atoms with Gasteiger partial charge in [-0.1, -0.05) is 12.1 Å². The molecule has 1 amide bonds. The van der Waals surface area contributed by atoms with Gasteiger partial charge in [0, 0.05) is 6.42 Å². The number of esters is 1. The van der Waals surface area contributed by atoms with Crippen LogP contribution in [0.15, 0.2) is 36.4 Å². The third-order valence-electron chi connectivity index (χ3n) is 4.61. The standard InChI is InChI=1S/C23H29NO7/c1-6-31-23(26)17(11-15-7-9-18(27-2)20(12-15)29-4)24-22(25)14-16-8-10-19(28-3)21(13-16)30-5/h7-10,12-13,17H,6,11,14H2,1-5H3,(H,24,25)/t17-/m1/s1. The maximum absolute atomic E-state index is 12.7. The molecule has 8 nitrogen and oxygen atoms in total. The Labute approximate surface area is 182 Å². The van der Waals surface area contributed by atoms with Gasteiger partial charge in [0.2, 0.25) is 5.91 Å². The number of carbonyl (C=O) groups is 2. The van der Waals surface area contributed by atoms with Crippen molar-refractivity contribution in [2.24, 2.45) is 0 Å². The second-order valence-electron chi connectivity index (χ2n) is 6.63. The molecular formula is C23H29NO7. The van der Waals surface area contributed by atoms with Crippen LogP contribution in [-0.2, 0) is 27.2 Å². The molecule has 2 aromatic carbocycles. The smallest absolute Gasteiger partial charge is 0.328 e.